The molecular formula is C8H13BO5. The first kappa shape index (κ1) is 10.4. The summed E-state index contributed by atoms with van der Waals surface area (Å²) in [6.07, 6.45) is -0.597. The van der Waals surface area contributed by atoms with Crippen molar-refractivity contribution in [2.24, 2.45) is 0 Å². The number of ether oxygens (including phenoxy) is 3. The summed E-state index contributed by atoms with van der Waals surface area (Å²) in [7, 11) is 5.70. The van der Waals surface area contributed by atoms with Gasteiger partial charge in [-0.3, -0.25) is 0 Å². The summed E-state index contributed by atoms with van der Waals surface area (Å²) in [4.78, 5) is 0. The van der Waals surface area contributed by atoms with Crippen molar-refractivity contribution in [2.75, 3.05) is 20.0 Å². The molecule has 0 bridgehead atoms. The van der Waals surface area contributed by atoms with Gasteiger partial charge in [-0.1, -0.05) is 0 Å². The summed E-state index contributed by atoms with van der Waals surface area (Å²) >= 11 is 0. The van der Waals surface area contributed by atoms with Crippen LogP contribution in [0, 0.1) is 0 Å². The lowest BCUT2D eigenvalue weighted by Crippen LogP contribution is -2.58. The highest BCUT2D eigenvalue weighted by atomic mass is 16.6. The monoisotopic (exact) mass is 200 g/mol. The Hall–Kier alpha value is -0.135. The van der Waals surface area contributed by atoms with E-state index in [9.17, 15) is 5.11 Å². The summed E-state index contributed by atoms with van der Waals surface area (Å²) in [5.41, 5.74) is -0.747. The topological polar surface area (TPSA) is 68.2 Å². The first-order chi connectivity index (χ1) is 6.70. The minimum atomic E-state index is -0.780. The molecule has 0 aromatic carbocycles. The second-order valence-electron chi connectivity index (χ2n) is 3.59. The Morgan fingerprint density at radius 2 is 2.29 bits per heavy atom. The molecule has 5 nitrogen and oxygen atoms in total. The van der Waals surface area contributed by atoms with Gasteiger partial charge in [0, 0.05) is 12.4 Å². The van der Waals surface area contributed by atoms with Gasteiger partial charge in [-0.25, -0.2) is 0 Å². The van der Waals surface area contributed by atoms with Crippen LogP contribution in [0.2, 0.25) is 0 Å². The molecule has 4 atom stereocenters. The van der Waals surface area contributed by atoms with Crippen molar-refractivity contribution >= 4 is 7.85 Å². The van der Waals surface area contributed by atoms with E-state index >= 15 is 0 Å². The summed E-state index contributed by atoms with van der Waals surface area (Å²) < 4.78 is 15.4. The molecule has 2 N–H and O–H groups in total. The molecule has 0 aliphatic carbocycles. The lowest BCUT2D eigenvalue weighted by atomic mass is 9.75. The third-order valence-electron chi connectivity index (χ3n) is 2.89. The van der Waals surface area contributed by atoms with E-state index in [0.717, 1.165) is 0 Å². The molecule has 2 unspecified atom stereocenters. The minimum Gasteiger partial charge on any atom is -0.387 e. The van der Waals surface area contributed by atoms with Gasteiger partial charge >= 0.3 is 0 Å². The summed E-state index contributed by atoms with van der Waals surface area (Å²) in [5, 5.41) is 18.3. The normalized spacial score (nSPS) is 46.9. The quantitative estimate of drug-likeness (QED) is 0.422. The van der Waals surface area contributed by atoms with Crippen molar-refractivity contribution in [3.63, 3.8) is 0 Å². The van der Waals surface area contributed by atoms with Gasteiger partial charge in [-0.05, 0) is 0 Å². The Labute approximate surface area is 83.4 Å². The van der Waals surface area contributed by atoms with Gasteiger partial charge in [-0.2, -0.15) is 0 Å². The first-order valence-electron chi connectivity index (χ1n) is 4.62. The molecule has 78 valence electrons. The number of hydrogen-bond donors (Lipinski definition) is 2. The SMILES string of the molecule is [B]C1OC(COCO)[C@@H](O)[C@@]12CCO2. The lowest BCUT2D eigenvalue weighted by Gasteiger charge is -2.43. The van der Waals surface area contributed by atoms with Gasteiger partial charge in [0.15, 0.2) is 0 Å². The molecule has 0 aromatic rings. The van der Waals surface area contributed by atoms with Crippen molar-refractivity contribution in [1.29, 1.82) is 0 Å². The molecule has 1 spiro atoms. The van der Waals surface area contributed by atoms with E-state index in [1.807, 2.05) is 0 Å². The fourth-order valence-electron chi connectivity index (χ4n) is 1.96. The van der Waals surface area contributed by atoms with Gasteiger partial charge < -0.3 is 24.4 Å². The molecule has 2 radical (unpaired) electrons. The number of aliphatic hydroxyl groups is 2. The van der Waals surface area contributed by atoms with Crippen molar-refractivity contribution in [3.8, 4) is 0 Å². The molecule has 2 fully saturated rings. The van der Waals surface area contributed by atoms with Crippen LogP contribution < -0.4 is 0 Å². The highest BCUT2D eigenvalue weighted by Gasteiger charge is 2.58. The van der Waals surface area contributed by atoms with E-state index in [0.29, 0.717) is 13.0 Å². The largest absolute Gasteiger partial charge is 0.387 e. The van der Waals surface area contributed by atoms with E-state index in [4.69, 9.17) is 27.2 Å². The second kappa shape index (κ2) is 3.79. The summed E-state index contributed by atoms with van der Waals surface area (Å²) in [5.74, 6) is 0. The maximum Gasteiger partial charge on any atom is 0.143 e. The van der Waals surface area contributed by atoms with Crippen LogP contribution in [0.4, 0.5) is 0 Å². The Kier molecular flexibility index (Phi) is 2.81. The molecular weight excluding hydrogens is 187 g/mol. The molecule has 2 aliphatic heterocycles. The smallest absolute Gasteiger partial charge is 0.143 e. The number of aliphatic hydroxyl groups excluding tert-OH is 2. The predicted molar refractivity (Wildman–Crippen MR) is 46.8 cm³/mol. The Bertz CT molecular complexity index is 208. The fourth-order valence-corrected chi connectivity index (χ4v) is 1.96. The zero-order chi connectivity index (χ0) is 10.2. The van der Waals surface area contributed by atoms with Crippen molar-refractivity contribution in [1.82, 2.24) is 0 Å². The van der Waals surface area contributed by atoms with Crippen LogP contribution in [0.3, 0.4) is 0 Å². The first-order valence-corrected chi connectivity index (χ1v) is 4.62. The predicted octanol–water partition coefficient (Wildman–Crippen LogP) is -1.63. The third-order valence-corrected chi connectivity index (χ3v) is 2.89. The Morgan fingerprint density at radius 1 is 1.57 bits per heavy atom. The van der Waals surface area contributed by atoms with Crippen LogP contribution in [0.15, 0.2) is 0 Å². The summed E-state index contributed by atoms with van der Waals surface area (Å²) in [6, 6.07) is -0.612. The highest BCUT2D eigenvalue weighted by Crippen LogP contribution is 2.41. The van der Waals surface area contributed by atoms with Crippen LogP contribution >= 0.6 is 0 Å². The van der Waals surface area contributed by atoms with E-state index < -0.39 is 30.6 Å². The summed E-state index contributed by atoms with van der Waals surface area (Å²) in [6.45, 7) is 0.327. The van der Waals surface area contributed by atoms with Gasteiger partial charge in [0.1, 0.15) is 32.4 Å². The van der Waals surface area contributed by atoms with Crippen molar-refractivity contribution in [2.45, 2.75) is 30.2 Å². The van der Waals surface area contributed by atoms with E-state index in [2.05, 4.69) is 0 Å². The van der Waals surface area contributed by atoms with Crippen LogP contribution in [0.25, 0.3) is 0 Å². The molecule has 0 saturated carbocycles. The Morgan fingerprint density at radius 3 is 2.71 bits per heavy atom. The van der Waals surface area contributed by atoms with Crippen LogP contribution in [0.5, 0.6) is 0 Å². The maximum atomic E-state index is 9.86. The second-order valence-corrected chi connectivity index (χ2v) is 3.59. The number of rotatable bonds is 3. The molecule has 0 aromatic heterocycles. The zero-order valence-corrected chi connectivity index (χ0v) is 7.76. The average Bonchev–Trinajstić information content (AvgIpc) is 2.34. The van der Waals surface area contributed by atoms with Crippen LogP contribution in [0.1, 0.15) is 6.42 Å². The van der Waals surface area contributed by atoms with Crippen LogP contribution in [-0.2, 0) is 14.2 Å². The molecule has 2 heterocycles. The van der Waals surface area contributed by atoms with Gasteiger partial charge in [0.05, 0.1) is 13.2 Å². The molecule has 14 heavy (non-hydrogen) atoms. The molecule has 0 amide bonds. The van der Waals surface area contributed by atoms with E-state index in [-0.39, 0.29) is 6.61 Å². The standard InChI is InChI=1S/C8H13BO5/c9-7-8(1-2-13-8)6(11)5(14-7)3-12-4-10/h5-7,10-11H,1-4H2/t5?,6-,7?,8+/m1/s1. The van der Waals surface area contributed by atoms with E-state index in [1.165, 1.54) is 0 Å². The molecule has 2 saturated heterocycles. The maximum absolute atomic E-state index is 9.86. The van der Waals surface area contributed by atoms with Gasteiger partial charge in [0.2, 0.25) is 0 Å². The van der Waals surface area contributed by atoms with Crippen LogP contribution in [-0.4, -0.2) is 61.9 Å². The van der Waals surface area contributed by atoms with E-state index in [1.54, 1.807) is 0 Å². The van der Waals surface area contributed by atoms with Crippen molar-refractivity contribution in [3.05, 3.63) is 0 Å². The average molecular weight is 200 g/mol. The van der Waals surface area contributed by atoms with Gasteiger partial charge in [0.25, 0.3) is 0 Å². The molecule has 2 aliphatic rings. The lowest BCUT2D eigenvalue weighted by molar-refractivity contribution is -0.195. The zero-order valence-electron chi connectivity index (χ0n) is 7.76. The van der Waals surface area contributed by atoms with Gasteiger partial charge in [-0.15, -0.1) is 0 Å². The fraction of sp³-hybridized carbons (Fsp3) is 1.00. The highest BCUT2D eigenvalue weighted by molar-refractivity contribution is 6.12. The minimum absolute atomic E-state index is 0.122. The number of hydrogen-bond acceptors (Lipinski definition) is 5. The third kappa shape index (κ3) is 1.38. The Balaban J connectivity index is 1.96. The molecule has 6 heteroatoms. The molecule has 2 rings (SSSR count). The van der Waals surface area contributed by atoms with Crippen molar-refractivity contribution < 1.29 is 24.4 Å².